The molecule has 0 saturated heterocycles. The molecule has 0 aliphatic heterocycles. The maximum Gasteiger partial charge on any atom is 0.124 e. The Morgan fingerprint density at radius 2 is 1.95 bits per heavy atom. The van der Waals surface area contributed by atoms with E-state index in [2.05, 4.69) is 0 Å². The average Bonchev–Trinajstić information content (AvgIpc) is 2.48. The predicted octanol–water partition coefficient (Wildman–Crippen LogP) is 3.26. The largest absolute Gasteiger partial charge is 0.496 e. The normalized spacial score (nSPS) is 13.8. The lowest BCUT2D eigenvalue weighted by Crippen LogP contribution is -2.21. The van der Waals surface area contributed by atoms with Crippen molar-refractivity contribution in [2.75, 3.05) is 13.7 Å². The predicted molar refractivity (Wildman–Crippen MR) is 81.2 cm³/mol. The van der Waals surface area contributed by atoms with E-state index < -0.39 is 17.8 Å². The summed E-state index contributed by atoms with van der Waals surface area (Å²) in [6, 6.07) is 11.2. The van der Waals surface area contributed by atoms with Crippen LogP contribution < -0.4 is 10.5 Å². The zero-order valence-corrected chi connectivity index (χ0v) is 12.3. The van der Waals surface area contributed by atoms with Gasteiger partial charge in [-0.05, 0) is 23.8 Å². The SMILES string of the molecule is COc1ccccc1C(CN)C(O)c1ccc(F)cc1Cl. The molecule has 2 unspecified atom stereocenters. The first-order valence-electron chi connectivity index (χ1n) is 6.54. The third-order valence-electron chi connectivity index (χ3n) is 3.45. The van der Waals surface area contributed by atoms with Crippen molar-refractivity contribution in [3.63, 3.8) is 0 Å². The second kappa shape index (κ2) is 6.89. The molecule has 2 aromatic carbocycles. The Hall–Kier alpha value is -1.62. The minimum absolute atomic E-state index is 0.177. The summed E-state index contributed by atoms with van der Waals surface area (Å²) < 4.78 is 18.4. The molecule has 0 radical (unpaired) electrons. The Morgan fingerprint density at radius 1 is 1.24 bits per heavy atom. The van der Waals surface area contributed by atoms with Gasteiger partial charge in [0, 0.05) is 23.0 Å². The molecular formula is C16H17ClFNO2. The van der Waals surface area contributed by atoms with Crippen LogP contribution in [-0.2, 0) is 0 Å². The molecule has 3 N–H and O–H groups in total. The highest BCUT2D eigenvalue weighted by molar-refractivity contribution is 6.31. The quantitative estimate of drug-likeness (QED) is 0.891. The van der Waals surface area contributed by atoms with Gasteiger partial charge < -0.3 is 15.6 Å². The van der Waals surface area contributed by atoms with Gasteiger partial charge in [0.2, 0.25) is 0 Å². The number of halogens is 2. The molecule has 21 heavy (non-hydrogen) atoms. The third kappa shape index (κ3) is 3.35. The molecule has 0 amide bonds. The van der Waals surface area contributed by atoms with E-state index in [1.807, 2.05) is 18.2 Å². The molecule has 2 rings (SSSR count). The molecule has 3 nitrogen and oxygen atoms in total. The van der Waals surface area contributed by atoms with Gasteiger partial charge in [-0.15, -0.1) is 0 Å². The van der Waals surface area contributed by atoms with Gasteiger partial charge in [-0.25, -0.2) is 4.39 Å². The molecule has 0 aromatic heterocycles. The fourth-order valence-corrected chi connectivity index (χ4v) is 2.64. The van der Waals surface area contributed by atoms with Crippen molar-refractivity contribution >= 4 is 11.6 Å². The van der Waals surface area contributed by atoms with E-state index >= 15 is 0 Å². The zero-order chi connectivity index (χ0) is 15.4. The number of aliphatic hydroxyl groups is 1. The number of aliphatic hydroxyl groups excluding tert-OH is 1. The van der Waals surface area contributed by atoms with E-state index in [4.69, 9.17) is 22.1 Å². The molecule has 5 heteroatoms. The zero-order valence-electron chi connectivity index (χ0n) is 11.6. The topological polar surface area (TPSA) is 55.5 Å². The Balaban J connectivity index is 2.40. The van der Waals surface area contributed by atoms with Crippen molar-refractivity contribution in [3.05, 3.63) is 64.4 Å². The van der Waals surface area contributed by atoms with E-state index in [0.29, 0.717) is 11.3 Å². The van der Waals surface area contributed by atoms with Crippen molar-refractivity contribution in [3.8, 4) is 5.75 Å². The standard InChI is InChI=1S/C16H17ClFNO2/c1-21-15-5-3-2-4-11(15)13(9-19)16(20)12-7-6-10(18)8-14(12)17/h2-8,13,16,20H,9,19H2,1H3. The number of nitrogens with two attached hydrogens (primary N) is 1. The molecule has 0 fully saturated rings. The average molecular weight is 310 g/mol. The minimum atomic E-state index is -0.945. The van der Waals surface area contributed by atoms with Crippen molar-refractivity contribution in [1.29, 1.82) is 0 Å². The summed E-state index contributed by atoms with van der Waals surface area (Å²) in [5, 5.41) is 10.8. The number of ether oxygens (including phenoxy) is 1. The highest BCUT2D eigenvalue weighted by Gasteiger charge is 2.26. The first-order chi connectivity index (χ1) is 10.1. The van der Waals surface area contributed by atoms with Crippen molar-refractivity contribution in [2.45, 2.75) is 12.0 Å². The second-order valence-electron chi connectivity index (χ2n) is 4.69. The first kappa shape index (κ1) is 15.8. The molecule has 112 valence electrons. The summed E-state index contributed by atoms with van der Waals surface area (Å²) in [6.07, 6.45) is -0.945. The number of para-hydroxylation sites is 1. The molecule has 0 spiro atoms. The fraction of sp³-hybridized carbons (Fsp3) is 0.250. The summed E-state index contributed by atoms with van der Waals surface area (Å²) in [5.74, 6) is -0.202. The Bertz CT molecular complexity index is 621. The van der Waals surface area contributed by atoms with Crippen LogP contribution in [0.4, 0.5) is 4.39 Å². The van der Waals surface area contributed by atoms with Crippen LogP contribution in [0, 0.1) is 5.82 Å². The molecular weight excluding hydrogens is 293 g/mol. The number of benzene rings is 2. The van der Waals surface area contributed by atoms with E-state index in [9.17, 15) is 9.50 Å². The lowest BCUT2D eigenvalue weighted by atomic mass is 9.88. The van der Waals surface area contributed by atoms with Crippen molar-refractivity contribution in [1.82, 2.24) is 0 Å². The van der Waals surface area contributed by atoms with Crippen molar-refractivity contribution < 1.29 is 14.2 Å². The van der Waals surface area contributed by atoms with Crippen LogP contribution in [0.3, 0.4) is 0 Å². The second-order valence-corrected chi connectivity index (χ2v) is 5.10. The molecule has 0 aliphatic carbocycles. The van der Waals surface area contributed by atoms with E-state index in [1.165, 1.54) is 18.2 Å². The third-order valence-corrected chi connectivity index (χ3v) is 3.78. The lowest BCUT2D eigenvalue weighted by molar-refractivity contribution is 0.146. The van der Waals surface area contributed by atoms with Crippen LogP contribution in [0.2, 0.25) is 5.02 Å². The number of methoxy groups -OCH3 is 1. The molecule has 0 aliphatic rings. The van der Waals surface area contributed by atoms with Gasteiger partial charge in [0.15, 0.2) is 0 Å². The number of hydrogen-bond acceptors (Lipinski definition) is 3. The molecule has 2 aromatic rings. The van der Waals surface area contributed by atoms with Gasteiger partial charge in [-0.3, -0.25) is 0 Å². The highest BCUT2D eigenvalue weighted by Crippen LogP contribution is 2.37. The monoisotopic (exact) mass is 309 g/mol. The van der Waals surface area contributed by atoms with Crippen LogP contribution in [-0.4, -0.2) is 18.8 Å². The minimum Gasteiger partial charge on any atom is -0.496 e. The molecule has 0 heterocycles. The summed E-state index contributed by atoms with van der Waals surface area (Å²) >= 11 is 6.01. The van der Waals surface area contributed by atoms with E-state index in [1.54, 1.807) is 13.2 Å². The highest BCUT2D eigenvalue weighted by atomic mass is 35.5. The van der Waals surface area contributed by atoms with Gasteiger partial charge in [-0.1, -0.05) is 35.9 Å². The molecule has 2 atom stereocenters. The Labute approximate surface area is 128 Å². The lowest BCUT2D eigenvalue weighted by Gasteiger charge is -2.24. The van der Waals surface area contributed by atoms with Crippen LogP contribution >= 0.6 is 11.6 Å². The Kier molecular flexibility index (Phi) is 5.17. The Morgan fingerprint density at radius 3 is 2.57 bits per heavy atom. The van der Waals surface area contributed by atoms with Crippen LogP contribution in [0.1, 0.15) is 23.1 Å². The molecule has 0 bridgehead atoms. The first-order valence-corrected chi connectivity index (χ1v) is 6.92. The van der Waals surface area contributed by atoms with Gasteiger partial charge >= 0.3 is 0 Å². The van der Waals surface area contributed by atoms with Gasteiger partial charge in [-0.2, -0.15) is 0 Å². The van der Waals surface area contributed by atoms with Crippen LogP contribution in [0.15, 0.2) is 42.5 Å². The van der Waals surface area contributed by atoms with Crippen LogP contribution in [0.25, 0.3) is 0 Å². The summed E-state index contributed by atoms with van der Waals surface area (Å²) in [6.45, 7) is 0.204. The van der Waals surface area contributed by atoms with Crippen LogP contribution in [0.5, 0.6) is 5.75 Å². The van der Waals surface area contributed by atoms with E-state index in [-0.39, 0.29) is 11.6 Å². The summed E-state index contributed by atoms with van der Waals surface area (Å²) in [5.41, 5.74) is 7.05. The van der Waals surface area contributed by atoms with Crippen molar-refractivity contribution in [2.24, 2.45) is 5.73 Å². The van der Waals surface area contributed by atoms with Gasteiger partial charge in [0.05, 0.1) is 13.2 Å². The summed E-state index contributed by atoms with van der Waals surface area (Å²) in [7, 11) is 1.56. The number of rotatable bonds is 5. The van der Waals surface area contributed by atoms with E-state index in [0.717, 1.165) is 5.56 Å². The summed E-state index contributed by atoms with van der Waals surface area (Å²) in [4.78, 5) is 0. The number of hydrogen-bond donors (Lipinski definition) is 2. The van der Waals surface area contributed by atoms with Gasteiger partial charge in [0.25, 0.3) is 0 Å². The fourth-order valence-electron chi connectivity index (χ4n) is 2.36. The van der Waals surface area contributed by atoms with Gasteiger partial charge in [0.1, 0.15) is 11.6 Å². The smallest absolute Gasteiger partial charge is 0.124 e. The maximum atomic E-state index is 13.1. The maximum absolute atomic E-state index is 13.1. The molecule has 0 saturated carbocycles.